The molecule has 4 rings (SSSR count). The van der Waals surface area contributed by atoms with E-state index >= 15 is 0 Å². The summed E-state index contributed by atoms with van der Waals surface area (Å²) in [6.07, 6.45) is 0. The molecule has 6 heteroatoms. The molecule has 0 radical (unpaired) electrons. The van der Waals surface area contributed by atoms with Gasteiger partial charge in [0.25, 0.3) is 11.8 Å². The fourth-order valence-corrected chi connectivity index (χ4v) is 4.13. The van der Waals surface area contributed by atoms with Gasteiger partial charge in [-0.25, -0.2) is 4.90 Å². The molecule has 0 unspecified atom stereocenters. The van der Waals surface area contributed by atoms with Gasteiger partial charge < -0.3 is 14.8 Å². The number of nitrogens with zero attached hydrogens (tertiary/aromatic N) is 1. The Hall–Kier alpha value is -4.06. The smallest absolute Gasteiger partial charge is 0.282 e. The summed E-state index contributed by atoms with van der Waals surface area (Å²) in [5, 5.41) is 3.20. The van der Waals surface area contributed by atoms with Crippen molar-refractivity contribution >= 4 is 28.8 Å². The number of hydrogen-bond donors (Lipinski definition) is 1. The van der Waals surface area contributed by atoms with Gasteiger partial charge in [-0.15, -0.1) is 0 Å². The number of ether oxygens (including phenoxy) is 2. The highest BCUT2D eigenvalue weighted by Crippen LogP contribution is 2.38. The molecule has 0 aliphatic carbocycles. The quantitative estimate of drug-likeness (QED) is 0.508. The molecule has 34 heavy (non-hydrogen) atoms. The number of methoxy groups -OCH3 is 2. The topological polar surface area (TPSA) is 67.9 Å². The van der Waals surface area contributed by atoms with Crippen LogP contribution in [0, 0.1) is 27.7 Å². The molecule has 0 spiro atoms. The Morgan fingerprint density at radius 1 is 0.735 bits per heavy atom. The predicted molar refractivity (Wildman–Crippen MR) is 134 cm³/mol. The number of carbonyl (C=O) groups excluding carboxylic acids is 2. The summed E-state index contributed by atoms with van der Waals surface area (Å²) >= 11 is 0. The molecule has 0 fully saturated rings. The maximum atomic E-state index is 13.8. The molecule has 2 amide bonds. The van der Waals surface area contributed by atoms with Gasteiger partial charge in [0.2, 0.25) is 0 Å². The molecule has 0 bridgehead atoms. The number of rotatable bonds is 6. The first-order valence-corrected chi connectivity index (χ1v) is 11.0. The van der Waals surface area contributed by atoms with E-state index in [1.807, 2.05) is 58.0 Å². The second-order valence-corrected chi connectivity index (χ2v) is 8.47. The van der Waals surface area contributed by atoms with Crippen LogP contribution in [-0.2, 0) is 9.59 Å². The Kier molecular flexibility index (Phi) is 6.16. The molecular weight excluding hydrogens is 428 g/mol. The fourth-order valence-electron chi connectivity index (χ4n) is 4.13. The lowest BCUT2D eigenvalue weighted by Crippen LogP contribution is -2.32. The third kappa shape index (κ3) is 4.03. The van der Waals surface area contributed by atoms with Crippen molar-refractivity contribution < 1.29 is 19.1 Å². The lowest BCUT2D eigenvalue weighted by molar-refractivity contribution is -0.120. The molecular formula is C28H28N2O4. The van der Waals surface area contributed by atoms with E-state index in [1.54, 1.807) is 38.5 Å². The minimum absolute atomic E-state index is 0.207. The molecule has 6 nitrogen and oxygen atoms in total. The van der Waals surface area contributed by atoms with Crippen molar-refractivity contribution in [3.05, 3.63) is 88.1 Å². The number of benzene rings is 3. The van der Waals surface area contributed by atoms with Crippen LogP contribution in [0.25, 0.3) is 5.57 Å². The molecule has 1 N–H and O–H groups in total. The first-order chi connectivity index (χ1) is 16.2. The predicted octanol–water partition coefficient (Wildman–Crippen LogP) is 5.33. The Balaban J connectivity index is 1.87. The third-order valence-electron chi connectivity index (χ3n) is 6.15. The van der Waals surface area contributed by atoms with Crippen LogP contribution in [0.15, 0.2) is 60.3 Å². The molecule has 3 aromatic carbocycles. The van der Waals surface area contributed by atoms with Gasteiger partial charge in [-0.05, 0) is 74.2 Å². The van der Waals surface area contributed by atoms with Crippen LogP contribution in [0.4, 0.5) is 11.4 Å². The van der Waals surface area contributed by atoms with Gasteiger partial charge in [0.15, 0.2) is 0 Å². The van der Waals surface area contributed by atoms with Crippen molar-refractivity contribution in [3.63, 3.8) is 0 Å². The van der Waals surface area contributed by atoms with Gasteiger partial charge in [-0.2, -0.15) is 0 Å². The molecule has 174 valence electrons. The largest absolute Gasteiger partial charge is 0.497 e. The fraction of sp³-hybridized carbons (Fsp3) is 0.214. The number of aryl methyl sites for hydroxylation is 4. The molecule has 0 saturated heterocycles. The van der Waals surface area contributed by atoms with Crippen molar-refractivity contribution in [2.24, 2.45) is 0 Å². The van der Waals surface area contributed by atoms with Gasteiger partial charge in [0.05, 0.1) is 31.2 Å². The SMILES string of the molecule is COc1ccc(NC2=C(c3ccc(C)cc3C)C(=O)N(c3ccc(C)c(C)c3)C2=O)c(OC)c1. The highest BCUT2D eigenvalue weighted by Gasteiger charge is 2.41. The summed E-state index contributed by atoms with van der Waals surface area (Å²) < 4.78 is 10.8. The molecule has 1 aliphatic heterocycles. The van der Waals surface area contributed by atoms with E-state index in [0.717, 1.165) is 22.3 Å². The van der Waals surface area contributed by atoms with E-state index in [0.29, 0.717) is 34.0 Å². The van der Waals surface area contributed by atoms with E-state index in [1.165, 1.54) is 4.90 Å². The zero-order valence-corrected chi connectivity index (χ0v) is 20.3. The van der Waals surface area contributed by atoms with Crippen molar-refractivity contribution in [2.75, 3.05) is 24.4 Å². The molecule has 0 aromatic heterocycles. The van der Waals surface area contributed by atoms with Gasteiger partial charge in [-0.3, -0.25) is 9.59 Å². The summed E-state index contributed by atoms with van der Waals surface area (Å²) in [6.45, 7) is 7.89. The van der Waals surface area contributed by atoms with Crippen LogP contribution < -0.4 is 19.7 Å². The van der Waals surface area contributed by atoms with Crippen LogP contribution in [0.1, 0.15) is 27.8 Å². The molecule has 0 atom stereocenters. The molecule has 1 heterocycles. The molecule has 1 aliphatic rings. The highest BCUT2D eigenvalue weighted by atomic mass is 16.5. The maximum absolute atomic E-state index is 13.8. The standard InChI is InChI=1S/C28H28N2O4/c1-16-7-11-22(19(4)13-16)25-26(29-23-12-10-21(33-5)15-24(23)34-6)28(32)30(27(25)31)20-9-8-17(2)18(3)14-20/h7-15,29H,1-6H3. The third-order valence-corrected chi connectivity index (χ3v) is 6.15. The van der Waals surface area contributed by atoms with Crippen LogP contribution >= 0.6 is 0 Å². The number of anilines is 2. The number of carbonyl (C=O) groups is 2. The Morgan fingerprint density at radius 3 is 2.15 bits per heavy atom. The average molecular weight is 457 g/mol. The van der Waals surface area contributed by atoms with Crippen LogP contribution in [0.3, 0.4) is 0 Å². The average Bonchev–Trinajstić information content (AvgIpc) is 3.05. The normalized spacial score (nSPS) is 13.5. The van der Waals surface area contributed by atoms with E-state index in [9.17, 15) is 9.59 Å². The van der Waals surface area contributed by atoms with Gasteiger partial charge in [0, 0.05) is 6.07 Å². The van der Waals surface area contributed by atoms with E-state index in [2.05, 4.69) is 5.32 Å². The first kappa shape index (κ1) is 23.1. The lowest BCUT2D eigenvalue weighted by Gasteiger charge is -2.17. The second-order valence-electron chi connectivity index (χ2n) is 8.47. The number of imide groups is 1. The highest BCUT2D eigenvalue weighted by molar-refractivity contribution is 6.46. The van der Waals surface area contributed by atoms with Gasteiger partial charge in [-0.1, -0.05) is 29.8 Å². The second kappa shape index (κ2) is 9.06. The number of hydrogen-bond acceptors (Lipinski definition) is 5. The Morgan fingerprint density at radius 2 is 1.50 bits per heavy atom. The van der Waals surface area contributed by atoms with E-state index < -0.39 is 5.91 Å². The summed E-state index contributed by atoms with van der Waals surface area (Å²) in [5.41, 5.74) is 6.44. The summed E-state index contributed by atoms with van der Waals surface area (Å²) in [6, 6.07) is 16.7. The lowest BCUT2D eigenvalue weighted by atomic mass is 9.97. The van der Waals surface area contributed by atoms with Crippen molar-refractivity contribution in [2.45, 2.75) is 27.7 Å². The Labute approximate surface area is 199 Å². The summed E-state index contributed by atoms with van der Waals surface area (Å²) in [5.74, 6) is 0.338. The van der Waals surface area contributed by atoms with Crippen LogP contribution in [0.2, 0.25) is 0 Å². The van der Waals surface area contributed by atoms with Crippen LogP contribution in [-0.4, -0.2) is 26.0 Å². The van der Waals surface area contributed by atoms with E-state index in [-0.39, 0.29) is 11.6 Å². The van der Waals surface area contributed by atoms with E-state index in [4.69, 9.17) is 9.47 Å². The van der Waals surface area contributed by atoms with Crippen molar-refractivity contribution in [1.29, 1.82) is 0 Å². The number of nitrogens with one attached hydrogen (secondary N) is 1. The minimum Gasteiger partial charge on any atom is -0.497 e. The zero-order valence-electron chi connectivity index (χ0n) is 20.3. The Bertz CT molecular complexity index is 1340. The van der Waals surface area contributed by atoms with Crippen LogP contribution in [0.5, 0.6) is 11.5 Å². The zero-order chi connectivity index (χ0) is 24.6. The molecule has 3 aromatic rings. The maximum Gasteiger partial charge on any atom is 0.282 e. The monoisotopic (exact) mass is 456 g/mol. The summed E-state index contributed by atoms with van der Waals surface area (Å²) in [4.78, 5) is 28.7. The first-order valence-electron chi connectivity index (χ1n) is 11.0. The van der Waals surface area contributed by atoms with Crippen molar-refractivity contribution in [1.82, 2.24) is 0 Å². The minimum atomic E-state index is -0.416. The van der Waals surface area contributed by atoms with Gasteiger partial charge in [0.1, 0.15) is 17.2 Å². The molecule has 0 saturated carbocycles. The van der Waals surface area contributed by atoms with Gasteiger partial charge >= 0.3 is 0 Å². The van der Waals surface area contributed by atoms with Crippen molar-refractivity contribution in [3.8, 4) is 11.5 Å². The number of amides is 2. The summed E-state index contributed by atoms with van der Waals surface area (Å²) in [7, 11) is 3.12.